The van der Waals surface area contributed by atoms with Crippen LogP contribution in [0.15, 0.2) is 52.9 Å². The molecule has 1 N–H and O–H groups in total. The monoisotopic (exact) mass is 388 g/mol. The summed E-state index contributed by atoms with van der Waals surface area (Å²) < 4.78 is 5.66. The maximum absolute atomic E-state index is 12.5. The highest BCUT2D eigenvalue weighted by atomic mass is 35.5. The van der Waals surface area contributed by atoms with Gasteiger partial charge in [0, 0.05) is 21.3 Å². The van der Waals surface area contributed by atoms with Crippen LogP contribution in [0.3, 0.4) is 0 Å². The predicted octanol–water partition coefficient (Wildman–Crippen LogP) is 4.18. The summed E-state index contributed by atoms with van der Waals surface area (Å²) in [6.07, 6.45) is 0. The predicted molar refractivity (Wildman–Crippen MR) is 97.6 cm³/mol. The smallest absolute Gasteiger partial charge is 0.259 e. The van der Waals surface area contributed by atoms with E-state index in [1.165, 1.54) is 24.3 Å². The number of hydrogen-bond donors (Lipinski definition) is 1. The van der Waals surface area contributed by atoms with Crippen molar-refractivity contribution in [3.63, 3.8) is 0 Å². The summed E-state index contributed by atoms with van der Waals surface area (Å²) in [5, 5.41) is 14.4. The topological polar surface area (TPSA) is 82.4 Å². The van der Waals surface area contributed by atoms with Crippen LogP contribution in [-0.4, -0.2) is 11.9 Å². The van der Waals surface area contributed by atoms with Gasteiger partial charge in [-0.15, -0.1) is 0 Å². The number of halogens is 2. The number of furan rings is 1. The van der Waals surface area contributed by atoms with Gasteiger partial charge in [0.2, 0.25) is 0 Å². The van der Waals surface area contributed by atoms with Gasteiger partial charge < -0.3 is 19.6 Å². The van der Waals surface area contributed by atoms with Gasteiger partial charge in [0.25, 0.3) is 5.91 Å². The fraction of sp³-hybridized carbons (Fsp3) is 0.0526. The fourth-order valence-electron chi connectivity index (χ4n) is 2.43. The Balaban J connectivity index is 1.84. The molecule has 0 aliphatic heterocycles. The molecule has 0 aliphatic carbocycles. The molecule has 0 radical (unpaired) electrons. The van der Waals surface area contributed by atoms with Gasteiger partial charge in [0.1, 0.15) is 11.5 Å². The minimum absolute atomic E-state index is 0.0302. The molecule has 0 aliphatic rings. The summed E-state index contributed by atoms with van der Waals surface area (Å²) in [6, 6.07) is 12.2. The summed E-state index contributed by atoms with van der Waals surface area (Å²) >= 11 is 12.0. The molecule has 0 atom stereocenters. The van der Waals surface area contributed by atoms with E-state index in [1.807, 2.05) is 0 Å². The van der Waals surface area contributed by atoms with Crippen LogP contribution in [0.4, 0.5) is 5.69 Å². The molecule has 0 unspecified atom stereocenters. The first-order valence-electron chi connectivity index (χ1n) is 7.53. The molecule has 3 aromatic rings. The quantitative estimate of drug-likeness (QED) is 0.726. The average molecular weight is 389 g/mol. The SMILES string of the molecule is Cc1oc(-c2cc(Cl)cc(Cl)c2)cc1C(=O)Nc1ccc(C(=O)[O-])cc1. The van der Waals surface area contributed by atoms with Gasteiger partial charge in [-0.1, -0.05) is 35.3 Å². The number of benzene rings is 2. The number of carbonyl (C=O) groups excluding carboxylic acids is 2. The van der Waals surface area contributed by atoms with Crippen molar-refractivity contribution >= 4 is 40.8 Å². The van der Waals surface area contributed by atoms with Gasteiger partial charge in [-0.2, -0.15) is 0 Å². The van der Waals surface area contributed by atoms with Crippen molar-refractivity contribution in [2.45, 2.75) is 6.92 Å². The zero-order valence-corrected chi connectivity index (χ0v) is 15.0. The van der Waals surface area contributed by atoms with Crippen molar-refractivity contribution in [3.05, 3.63) is 75.5 Å². The summed E-state index contributed by atoms with van der Waals surface area (Å²) in [5.41, 5.74) is 1.48. The Morgan fingerprint density at radius 1 is 1.00 bits per heavy atom. The summed E-state index contributed by atoms with van der Waals surface area (Å²) in [6.45, 7) is 1.67. The van der Waals surface area contributed by atoms with Gasteiger partial charge in [-0.3, -0.25) is 4.79 Å². The average Bonchev–Trinajstić information content (AvgIpc) is 2.96. The minimum atomic E-state index is -1.28. The lowest BCUT2D eigenvalue weighted by atomic mass is 10.1. The third-order valence-corrected chi connectivity index (χ3v) is 4.12. The highest BCUT2D eigenvalue weighted by Gasteiger charge is 2.17. The number of carbonyl (C=O) groups is 2. The molecule has 0 fully saturated rings. The number of carboxylic acids is 1. The molecule has 0 saturated carbocycles. The van der Waals surface area contributed by atoms with Crippen molar-refractivity contribution in [2.24, 2.45) is 0 Å². The number of aromatic carboxylic acids is 1. The van der Waals surface area contributed by atoms with Gasteiger partial charge >= 0.3 is 0 Å². The number of nitrogens with one attached hydrogen (secondary N) is 1. The largest absolute Gasteiger partial charge is 0.545 e. The Hall–Kier alpha value is -2.76. The molecule has 0 spiro atoms. The van der Waals surface area contributed by atoms with E-state index in [9.17, 15) is 14.7 Å². The third kappa shape index (κ3) is 3.90. The number of anilines is 1. The lowest BCUT2D eigenvalue weighted by Gasteiger charge is -2.06. The minimum Gasteiger partial charge on any atom is -0.545 e. The summed E-state index contributed by atoms with van der Waals surface area (Å²) in [5.74, 6) is -0.769. The summed E-state index contributed by atoms with van der Waals surface area (Å²) in [4.78, 5) is 23.2. The number of amides is 1. The second-order valence-corrected chi connectivity index (χ2v) is 6.43. The highest BCUT2D eigenvalue weighted by Crippen LogP contribution is 2.30. The number of aryl methyl sites for hydroxylation is 1. The van der Waals surface area contributed by atoms with E-state index in [1.54, 1.807) is 31.2 Å². The van der Waals surface area contributed by atoms with E-state index in [0.717, 1.165) is 0 Å². The highest BCUT2D eigenvalue weighted by molar-refractivity contribution is 6.35. The molecule has 0 bridgehead atoms. The first kappa shape index (κ1) is 18.0. The van der Waals surface area contributed by atoms with Crippen LogP contribution in [0.2, 0.25) is 10.0 Å². The number of hydrogen-bond acceptors (Lipinski definition) is 4. The molecule has 132 valence electrons. The van der Waals surface area contributed by atoms with Crippen molar-refractivity contribution in [3.8, 4) is 11.3 Å². The van der Waals surface area contributed by atoms with Crippen molar-refractivity contribution in [2.75, 3.05) is 5.32 Å². The van der Waals surface area contributed by atoms with E-state index in [2.05, 4.69) is 5.32 Å². The van der Waals surface area contributed by atoms with Gasteiger partial charge in [-0.05, 0) is 48.9 Å². The molecular formula is C19H12Cl2NO4-. The van der Waals surface area contributed by atoms with Gasteiger partial charge in [0.15, 0.2) is 0 Å². The second-order valence-electron chi connectivity index (χ2n) is 5.56. The molecule has 1 heterocycles. The first-order valence-corrected chi connectivity index (χ1v) is 8.29. The maximum Gasteiger partial charge on any atom is 0.259 e. The van der Waals surface area contributed by atoms with Crippen LogP contribution in [-0.2, 0) is 0 Å². The maximum atomic E-state index is 12.5. The van der Waals surface area contributed by atoms with Crippen LogP contribution < -0.4 is 10.4 Å². The van der Waals surface area contributed by atoms with Crippen molar-refractivity contribution in [1.29, 1.82) is 0 Å². The van der Waals surface area contributed by atoms with Crippen LogP contribution in [0.25, 0.3) is 11.3 Å². The standard InChI is InChI=1S/C19H13Cl2NO4/c1-10-16(9-17(26-10)12-6-13(20)8-14(21)7-12)18(23)22-15-4-2-11(3-5-15)19(24)25/h2-9H,1H3,(H,22,23)(H,24,25)/p-1. The van der Waals surface area contributed by atoms with Gasteiger partial charge in [-0.25, -0.2) is 0 Å². The molecule has 2 aromatic carbocycles. The molecule has 7 heteroatoms. The molecule has 3 rings (SSSR count). The molecular weight excluding hydrogens is 377 g/mol. The van der Waals surface area contributed by atoms with Crippen molar-refractivity contribution in [1.82, 2.24) is 0 Å². The number of rotatable bonds is 4. The molecule has 1 aromatic heterocycles. The lowest BCUT2D eigenvalue weighted by molar-refractivity contribution is -0.255. The Kier molecular flexibility index (Phi) is 5.02. The van der Waals surface area contributed by atoms with E-state index in [-0.39, 0.29) is 11.5 Å². The van der Waals surface area contributed by atoms with E-state index in [0.29, 0.717) is 38.4 Å². The molecule has 1 amide bonds. The third-order valence-electron chi connectivity index (χ3n) is 3.69. The first-order chi connectivity index (χ1) is 12.3. The fourth-order valence-corrected chi connectivity index (χ4v) is 2.96. The Morgan fingerprint density at radius 3 is 2.19 bits per heavy atom. The van der Waals surface area contributed by atoms with E-state index in [4.69, 9.17) is 27.6 Å². The number of carboxylic acid groups (broad SMARTS) is 1. The van der Waals surface area contributed by atoms with Gasteiger partial charge in [0.05, 0.1) is 11.5 Å². The molecule has 26 heavy (non-hydrogen) atoms. The Bertz CT molecular complexity index is 973. The zero-order valence-electron chi connectivity index (χ0n) is 13.5. The lowest BCUT2D eigenvalue weighted by Crippen LogP contribution is -2.22. The second kappa shape index (κ2) is 7.23. The molecule has 5 nitrogen and oxygen atoms in total. The van der Waals surface area contributed by atoms with Crippen LogP contribution in [0, 0.1) is 6.92 Å². The molecule has 0 saturated heterocycles. The van der Waals surface area contributed by atoms with Crippen LogP contribution in [0.1, 0.15) is 26.5 Å². The zero-order chi connectivity index (χ0) is 18.8. The Morgan fingerprint density at radius 2 is 1.62 bits per heavy atom. The van der Waals surface area contributed by atoms with Crippen molar-refractivity contribution < 1.29 is 19.1 Å². The van der Waals surface area contributed by atoms with Crippen LogP contribution in [0.5, 0.6) is 0 Å². The van der Waals surface area contributed by atoms with Crippen LogP contribution >= 0.6 is 23.2 Å². The Labute approximate surface area is 159 Å². The van der Waals surface area contributed by atoms with E-state index < -0.39 is 5.97 Å². The normalized spacial score (nSPS) is 10.6. The summed E-state index contributed by atoms with van der Waals surface area (Å²) in [7, 11) is 0. The van der Waals surface area contributed by atoms with E-state index >= 15 is 0 Å².